The van der Waals surface area contributed by atoms with Crippen LogP contribution in [0.3, 0.4) is 0 Å². The average Bonchev–Trinajstić information content (AvgIpc) is 3.32. The summed E-state index contributed by atoms with van der Waals surface area (Å²) in [5, 5.41) is 12.6. The minimum absolute atomic E-state index is 0.0797. The van der Waals surface area contributed by atoms with Gasteiger partial charge in [0, 0.05) is 12.2 Å². The predicted molar refractivity (Wildman–Crippen MR) is 146 cm³/mol. The molecule has 6 rings (SSSR count). The molecule has 2 amide bonds. The van der Waals surface area contributed by atoms with E-state index in [2.05, 4.69) is 0 Å². The zero-order valence-corrected chi connectivity index (χ0v) is 22.2. The number of likely N-dealkylation sites (tertiary alicyclic amines) is 1. The average molecular weight is 531 g/mol. The van der Waals surface area contributed by atoms with Gasteiger partial charge in [-0.1, -0.05) is 74.9 Å². The number of carbonyl (C=O) groups excluding carboxylic acids is 3. The molecule has 2 fully saturated rings. The maximum Gasteiger partial charge on any atom is 0.312 e. The molecule has 7 atom stereocenters. The first-order valence-electron chi connectivity index (χ1n) is 13.8. The van der Waals surface area contributed by atoms with Gasteiger partial charge in [-0.15, -0.1) is 0 Å². The van der Waals surface area contributed by atoms with Crippen molar-refractivity contribution in [2.24, 2.45) is 17.8 Å². The van der Waals surface area contributed by atoms with E-state index in [-0.39, 0.29) is 37.5 Å². The molecule has 0 aromatic heterocycles. The molecule has 2 aromatic rings. The van der Waals surface area contributed by atoms with E-state index in [1.165, 1.54) is 4.90 Å². The highest BCUT2D eigenvalue weighted by atomic mass is 16.6. The van der Waals surface area contributed by atoms with Gasteiger partial charge >= 0.3 is 5.97 Å². The largest absolute Gasteiger partial charge is 0.465 e. The van der Waals surface area contributed by atoms with Crippen molar-refractivity contribution >= 4 is 34.2 Å². The SMILES string of the molecule is CC[C@H](C)[C@H](CO)N1C(=O)[C@@H]2[C@@H]3C(=O)OCCC=C[C@@H]3O[C@@]23C=CCN(c2ccc4ccccc4c2)C(=O)C13. The van der Waals surface area contributed by atoms with Gasteiger partial charge in [-0.3, -0.25) is 14.4 Å². The quantitative estimate of drug-likeness (QED) is 0.471. The van der Waals surface area contributed by atoms with E-state index in [4.69, 9.17) is 9.47 Å². The van der Waals surface area contributed by atoms with Crippen LogP contribution in [0.2, 0.25) is 0 Å². The van der Waals surface area contributed by atoms with E-state index < -0.39 is 41.6 Å². The first kappa shape index (κ1) is 25.8. The summed E-state index contributed by atoms with van der Waals surface area (Å²) in [7, 11) is 0. The van der Waals surface area contributed by atoms with Crippen LogP contribution in [0.25, 0.3) is 10.8 Å². The minimum Gasteiger partial charge on any atom is -0.465 e. The molecule has 204 valence electrons. The second-order valence-corrected chi connectivity index (χ2v) is 11.0. The van der Waals surface area contributed by atoms with Gasteiger partial charge in [-0.25, -0.2) is 0 Å². The van der Waals surface area contributed by atoms with Crippen LogP contribution in [0.15, 0.2) is 66.8 Å². The van der Waals surface area contributed by atoms with Crippen molar-refractivity contribution in [1.29, 1.82) is 0 Å². The van der Waals surface area contributed by atoms with Gasteiger partial charge in [0.05, 0.1) is 31.3 Å². The van der Waals surface area contributed by atoms with Crippen molar-refractivity contribution in [2.45, 2.75) is 50.5 Å². The van der Waals surface area contributed by atoms with E-state index in [9.17, 15) is 19.5 Å². The highest BCUT2D eigenvalue weighted by Crippen LogP contribution is 2.54. The second kappa shape index (κ2) is 9.92. The van der Waals surface area contributed by atoms with E-state index >= 15 is 0 Å². The molecular formula is C31H34N2O6. The fourth-order valence-corrected chi connectivity index (χ4v) is 6.79. The summed E-state index contributed by atoms with van der Waals surface area (Å²) in [6.45, 7) is 4.17. The molecule has 0 aliphatic carbocycles. The lowest BCUT2D eigenvalue weighted by Gasteiger charge is -2.40. The number of rotatable bonds is 5. The number of fused-ring (bicyclic) bond motifs is 3. The van der Waals surface area contributed by atoms with Crippen molar-refractivity contribution in [1.82, 2.24) is 4.90 Å². The summed E-state index contributed by atoms with van der Waals surface area (Å²) in [5.74, 6) is -3.01. The van der Waals surface area contributed by atoms with E-state index in [0.717, 1.165) is 10.8 Å². The van der Waals surface area contributed by atoms with Crippen LogP contribution >= 0.6 is 0 Å². The van der Waals surface area contributed by atoms with Gasteiger partial charge in [-0.2, -0.15) is 0 Å². The van der Waals surface area contributed by atoms with E-state index in [1.807, 2.05) is 80.6 Å². The third-order valence-corrected chi connectivity index (χ3v) is 8.95. The number of carbonyl (C=O) groups is 3. The molecule has 39 heavy (non-hydrogen) atoms. The van der Waals surface area contributed by atoms with Crippen molar-refractivity contribution in [3.63, 3.8) is 0 Å². The van der Waals surface area contributed by atoms with Crippen LogP contribution in [-0.4, -0.2) is 71.3 Å². The molecule has 0 saturated carbocycles. The number of ether oxygens (including phenoxy) is 2. The number of aliphatic hydroxyl groups is 1. The number of hydrogen-bond donors (Lipinski definition) is 1. The Bertz CT molecular complexity index is 1370. The Balaban J connectivity index is 1.49. The van der Waals surface area contributed by atoms with Gasteiger partial charge in [-0.05, 0) is 35.2 Å². The van der Waals surface area contributed by atoms with Crippen molar-refractivity contribution in [3.05, 3.63) is 66.8 Å². The van der Waals surface area contributed by atoms with Gasteiger partial charge in [0.25, 0.3) is 5.91 Å². The summed E-state index contributed by atoms with van der Waals surface area (Å²) in [6.07, 6.45) is 7.99. The number of aliphatic hydroxyl groups excluding tert-OH is 1. The molecule has 1 unspecified atom stereocenters. The van der Waals surface area contributed by atoms with Crippen LogP contribution in [0.1, 0.15) is 26.7 Å². The minimum atomic E-state index is -1.36. The number of benzene rings is 2. The molecule has 8 nitrogen and oxygen atoms in total. The summed E-state index contributed by atoms with van der Waals surface area (Å²) in [4.78, 5) is 45.4. The molecule has 2 saturated heterocycles. The Morgan fingerprint density at radius 1 is 1.08 bits per heavy atom. The maximum absolute atomic E-state index is 14.6. The van der Waals surface area contributed by atoms with Gasteiger partial charge in [0.1, 0.15) is 17.6 Å². The Labute approximate surface area is 227 Å². The topological polar surface area (TPSA) is 96.4 Å². The summed E-state index contributed by atoms with van der Waals surface area (Å²) in [5.41, 5.74) is -0.646. The number of amides is 2. The first-order chi connectivity index (χ1) is 18.9. The van der Waals surface area contributed by atoms with Crippen LogP contribution in [0, 0.1) is 17.8 Å². The summed E-state index contributed by atoms with van der Waals surface area (Å²) >= 11 is 0. The standard InChI is InChI=1S/C31H34N2O6/c1-3-19(2)23(18-34)33-27-29(36)32(22-13-12-20-9-4-5-10-21(20)17-22)15-8-14-31(27)26(28(33)35)25-24(39-31)11-6-7-16-38-30(25)37/h4-6,8-14,17,19,23-27,34H,3,7,15-16,18H2,1-2H3/t19-,23-,24-,25+,26-,27?,31-/m0/s1. The Morgan fingerprint density at radius 2 is 1.87 bits per heavy atom. The zero-order chi connectivity index (χ0) is 27.3. The summed E-state index contributed by atoms with van der Waals surface area (Å²) < 4.78 is 12.1. The molecule has 4 heterocycles. The van der Waals surface area contributed by atoms with Crippen molar-refractivity contribution < 1.29 is 29.0 Å². The molecule has 8 heteroatoms. The summed E-state index contributed by atoms with van der Waals surface area (Å²) in [6, 6.07) is 12.2. The van der Waals surface area contributed by atoms with E-state index in [1.54, 1.807) is 4.90 Å². The molecule has 2 aromatic carbocycles. The lowest BCUT2D eigenvalue weighted by molar-refractivity contribution is -0.155. The molecular weight excluding hydrogens is 496 g/mol. The Morgan fingerprint density at radius 3 is 2.64 bits per heavy atom. The van der Waals surface area contributed by atoms with Crippen molar-refractivity contribution in [2.75, 3.05) is 24.7 Å². The van der Waals surface area contributed by atoms with Crippen LogP contribution in [0.5, 0.6) is 0 Å². The van der Waals surface area contributed by atoms with E-state index in [0.29, 0.717) is 18.5 Å². The highest BCUT2D eigenvalue weighted by Gasteiger charge is 2.72. The van der Waals surface area contributed by atoms with Crippen LogP contribution in [0.4, 0.5) is 5.69 Å². The van der Waals surface area contributed by atoms with Crippen LogP contribution in [-0.2, 0) is 23.9 Å². The molecule has 4 aliphatic rings. The Kier molecular flexibility index (Phi) is 6.55. The fraction of sp³-hybridized carbons (Fsp3) is 0.452. The third kappa shape index (κ3) is 3.92. The monoisotopic (exact) mass is 530 g/mol. The number of nitrogens with zero attached hydrogens (tertiary/aromatic N) is 2. The van der Waals surface area contributed by atoms with Gasteiger partial charge in [0.2, 0.25) is 5.91 Å². The number of cyclic esters (lactones) is 1. The zero-order valence-electron chi connectivity index (χ0n) is 22.2. The fourth-order valence-electron chi connectivity index (χ4n) is 6.79. The van der Waals surface area contributed by atoms with Crippen LogP contribution < -0.4 is 4.90 Å². The predicted octanol–water partition coefficient (Wildman–Crippen LogP) is 3.23. The van der Waals surface area contributed by atoms with Crippen molar-refractivity contribution in [3.8, 4) is 0 Å². The van der Waals surface area contributed by atoms with Gasteiger partial charge in [0.15, 0.2) is 0 Å². The second-order valence-electron chi connectivity index (χ2n) is 11.0. The number of hydrogen-bond acceptors (Lipinski definition) is 6. The molecule has 4 aliphatic heterocycles. The first-order valence-corrected chi connectivity index (χ1v) is 13.8. The molecule has 1 N–H and O–H groups in total. The molecule has 0 radical (unpaired) electrons. The maximum atomic E-state index is 14.6. The Hall–Kier alpha value is -3.49. The molecule has 0 bridgehead atoms. The van der Waals surface area contributed by atoms with Gasteiger partial charge < -0.3 is 24.4 Å². The third-order valence-electron chi connectivity index (χ3n) is 8.95. The normalized spacial score (nSPS) is 31.7. The smallest absolute Gasteiger partial charge is 0.312 e. The lowest BCUT2D eigenvalue weighted by atomic mass is 9.77. The highest BCUT2D eigenvalue weighted by molar-refractivity contribution is 6.06. The number of anilines is 1. The molecule has 1 spiro atoms. The lowest BCUT2D eigenvalue weighted by Crippen LogP contribution is -2.59. The number of esters is 1.